The minimum absolute atomic E-state index is 0.00289. The molecule has 1 aromatic heterocycles. The Kier molecular flexibility index (Phi) is 3.88. The predicted octanol–water partition coefficient (Wildman–Crippen LogP) is 2.30. The van der Waals surface area contributed by atoms with E-state index in [4.69, 9.17) is 0 Å². The van der Waals surface area contributed by atoms with Gasteiger partial charge in [0.1, 0.15) is 0 Å². The minimum atomic E-state index is -3.75. The van der Waals surface area contributed by atoms with Crippen LogP contribution >= 0.6 is 15.9 Å². The van der Waals surface area contributed by atoms with E-state index in [0.717, 1.165) is 16.7 Å². The standard InChI is InChI=1S/C12H15BrN4O2S/c1-7-5-8(2)10(9(3)6-7)15-20(18,19)12-11(13)14-16-17(12)4/h5-6,15H,1-4H3. The molecule has 0 saturated heterocycles. The van der Waals surface area contributed by atoms with Crippen molar-refractivity contribution >= 4 is 31.6 Å². The minimum Gasteiger partial charge on any atom is -0.278 e. The molecule has 1 heterocycles. The zero-order chi connectivity index (χ0) is 15.1. The second-order valence-corrected chi connectivity index (χ2v) is 7.04. The third kappa shape index (κ3) is 2.71. The summed E-state index contributed by atoms with van der Waals surface area (Å²) in [5.41, 5.74) is 3.42. The lowest BCUT2D eigenvalue weighted by Gasteiger charge is -2.14. The maximum atomic E-state index is 12.5. The molecule has 108 valence electrons. The average molecular weight is 359 g/mol. The number of benzene rings is 1. The number of hydrogen-bond donors (Lipinski definition) is 1. The molecule has 0 unspecified atom stereocenters. The first kappa shape index (κ1) is 15.0. The van der Waals surface area contributed by atoms with E-state index in [1.165, 1.54) is 11.7 Å². The summed E-state index contributed by atoms with van der Waals surface area (Å²) >= 11 is 3.10. The van der Waals surface area contributed by atoms with Gasteiger partial charge in [-0.1, -0.05) is 22.9 Å². The molecule has 0 aliphatic carbocycles. The Morgan fingerprint density at radius 3 is 2.20 bits per heavy atom. The van der Waals surface area contributed by atoms with E-state index in [0.29, 0.717) is 5.69 Å². The van der Waals surface area contributed by atoms with Gasteiger partial charge < -0.3 is 0 Å². The zero-order valence-electron chi connectivity index (χ0n) is 11.6. The average Bonchev–Trinajstić information content (AvgIpc) is 2.64. The van der Waals surface area contributed by atoms with Crippen molar-refractivity contribution < 1.29 is 8.42 Å². The summed E-state index contributed by atoms with van der Waals surface area (Å²) in [6, 6.07) is 3.86. The molecular formula is C12H15BrN4O2S. The van der Waals surface area contributed by atoms with Gasteiger partial charge in [-0.15, -0.1) is 5.10 Å². The van der Waals surface area contributed by atoms with Crippen molar-refractivity contribution in [1.29, 1.82) is 0 Å². The van der Waals surface area contributed by atoms with Gasteiger partial charge in [0.25, 0.3) is 10.0 Å². The van der Waals surface area contributed by atoms with Crippen LogP contribution in [0.3, 0.4) is 0 Å². The molecule has 0 saturated carbocycles. The van der Waals surface area contributed by atoms with Crippen LogP contribution in [0.5, 0.6) is 0 Å². The van der Waals surface area contributed by atoms with Crippen LogP contribution in [-0.2, 0) is 17.1 Å². The summed E-state index contributed by atoms with van der Waals surface area (Å²) in [6.45, 7) is 5.71. The summed E-state index contributed by atoms with van der Waals surface area (Å²) in [5, 5.41) is 7.37. The quantitative estimate of drug-likeness (QED) is 0.912. The first-order chi connectivity index (χ1) is 9.22. The largest absolute Gasteiger partial charge is 0.281 e. The summed E-state index contributed by atoms with van der Waals surface area (Å²) in [7, 11) is -2.22. The molecule has 0 bridgehead atoms. The first-order valence-corrected chi connectivity index (χ1v) is 8.16. The highest BCUT2D eigenvalue weighted by atomic mass is 79.9. The van der Waals surface area contributed by atoms with Gasteiger partial charge in [0, 0.05) is 7.05 Å². The summed E-state index contributed by atoms with van der Waals surface area (Å²) in [5.74, 6) is 0. The molecule has 6 nitrogen and oxygen atoms in total. The van der Waals surface area contributed by atoms with Crippen LogP contribution in [-0.4, -0.2) is 23.4 Å². The number of rotatable bonds is 3. The van der Waals surface area contributed by atoms with Crippen LogP contribution < -0.4 is 4.72 Å². The number of aromatic nitrogens is 3. The van der Waals surface area contributed by atoms with Crippen LogP contribution in [0.4, 0.5) is 5.69 Å². The maximum Gasteiger partial charge on any atom is 0.281 e. The van der Waals surface area contributed by atoms with Gasteiger partial charge in [0.2, 0.25) is 5.03 Å². The topological polar surface area (TPSA) is 76.9 Å². The van der Waals surface area contributed by atoms with Gasteiger partial charge in [-0.2, -0.15) is 8.42 Å². The number of halogens is 1. The van der Waals surface area contributed by atoms with E-state index in [2.05, 4.69) is 31.0 Å². The lowest BCUT2D eigenvalue weighted by atomic mass is 10.1. The zero-order valence-corrected chi connectivity index (χ0v) is 14.0. The molecule has 2 rings (SSSR count). The lowest BCUT2D eigenvalue weighted by molar-refractivity contribution is 0.578. The van der Waals surface area contributed by atoms with Gasteiger partial charge in [0.15, 0.2) is 4.60 Å². The van der Waals surface area contributed by atoms with Crippen LogP contribution in [0.1, 0.15) is 16.7 Å². The third-order valence-electron chi connectivity index (χ3n) is 2.91. The maximum absolute atomic E-state index is 12.5. The highest BCUT2D eigenvalue weighted by Crippen LogP contribution is 2.26. The summed E-state index contributed by atoms with van der Waals surface area (Å²) in [6.07, 6.45) is 0. The number of nitrogens with one attached hydrogen (secondary N) is 1. The Labute approximate surface area is 126 Å². The Balaban J connectivity index is 2.50. The highest BCUT2D eigenvalue weighted by Gasteiger charge is 2.25. The molecule has 0 spiro atoms. The number of anilines is 1. The number of hydrogen-bond acceptors (Lipinski definition) is 4. The van der Waals surface area contributed by atoms with Crippen molar-refractivity contribution in [2.45, 2.75) is 25.8 Å². The number of nitrogens with zero attached hydrogens (tertiary/aromatic N) is 3. The number of aryl methyl sites for hydroxylation is 4. The molecule has 0 aliphatic heterocycles. The van der Waals surface area contributed by atoms with Gasteiger partial charge in [-0.05, 0) is 47.8 Å². The van der Waals surface area contributed by atoms with Crippen molar-refractivity contribution in [2.24, 2.45) is 7.05 Å². The molecule has 0 amide bonds. The molecule has 0 radical (unpaired) electrons. The molecule has 20 heavy (non-hydrogen) atoms. The Morgan fingerprint density at radius 2 is 1.75 bits per heavy atom. The van der Waals surface area contributed by atoms with Crippen LogP contribution in [0.25, 0.3) is 0 Å². The fourth-order valence-corrected chi connectivity index (χ4v) is 4.43. The van der Waals surface area contributed by atoms with Gasteiger partial charge in [0.05, 0.1) is 5.69 Å². The van der Waals surface area contributed by atoms with Gasteiger partial charge in [-0.3, -0.25) is 4.72 Å². The van der Waals surface area contributed by atoms with Gasteiger partial charge >= 0.3 is 0 Å². The molecule has 1 N–H and O–H groups in total. The van der Waals surface area contributed by atoms with E-state index in [1.54, 1.807) is 0 Å². The Bertz CT molecular complexity index is 725. The van der Waals surface area contributed by atoms with E-state index >= 15 is 0 Å². The highest BCUT2D eigenvalue weighted by molar-refractivity contribution is 9.10. The van der Waals surface area contributed by atoms with Crippen LogP contribution in [0.2, 0.25) is 0 Å². The lowest BCUT2D eigenvalue weighted by Crippen LogP contribution is -2.18. The van der Waals surface area contributed by atoms with E-state index < -0.39 is 10.0 Å². The molecule has 2 aromatic rings. The smallest absolute Gasteiger partial charge is 0.278 e. The van der Waals surface area contributed by atoms with E-state index in [9.17, 15) is 8.42 Å². The Hall–Kier alpha value is -1.41. The normalized spacial score (nSPS) is 11.7. The summed E-state index contributed by atoms with van der Waals surface area (Å²) < 4.78 is 28.9. The molecule has 1 aromatic carbocycles. The van der Waals surface area contributed by atoms with Crippen molar-refractivity contribution in [3.8, 4) is 0 Å². The molecule has 0 aliphatic rings. The SMILES string of the molecule is Cc1cc(C)c(NS(=O)(=O)c2c(Br)nnn2C)c(C)c1. The number of sulfonamides is 1. The van der Waals surface area contributed by atoms with E-state index in [1.807, 2.05) is 32.9 Å². The third-order valence-corrected chi connectivity index (χ3v) is 5.14. The van der Waals surface area contributed by atoms with Crippen molar-refractivity contribution in [2.75, 3.05) is 4.72 Å². The molecular weight excluding hydrogens is 344 g/mol. The molecule has 8 heteroatoms. The van der Waals surface area contributed by atoms with Crippen molar-refractivity contribution in [3.05, 3.63) is 33.4 Å². The van der Waals surface area contributed by atoms with Crippen LogP contribution in [0, 0.1) is 20.8 Å². The fourth-order valence-electron chi connectivity index (χ4n) is 2.13. The fraction of sp³-hybridized carbons (Fsp3) is 0.333. The summed E-state index contributed by atoms with van der Waals surface area (Å²) in [4.78, 5) is 0. The molecule has 0 fully saturated rings. The predicted molar refractivity (Wildman–Crippen MR) is 80.2 cm³/mol. The van der Waals surface area contributed by atoms with Gasteiger partial charge in [-0.25, -0.2) is 4.68 Å². The van der Waals surface area contributed by atoms with E-state index in [-0.39, 0.29) is 9.63 Å². The monoisotopic (exact) mass is 358 g/mol. The van der Waals surface area contributed by atoms with Crippen molar-refractivity contribution in [1.82, 2.24) is 15.0 Å². The Morgan fingerprint density at radius 1 is 1.20 bits per heavy atom. The first-order valence-electron chi connectivity index (χ1n) is 5.88. The molecule has 0 atom stereocenters. The second-order valence-electron chi connectivity index (χ2n) is 4.69. The second kappa shape index (κ2) is 5.17. The van der Waals surface area contributed by atoms with Crippen molar-refractivity contribution in [3.63, 3.8) is 0 Å². The van der Waals surface area contributed by atoms with Crippen LogP contribution in [0.15, 0.2) is 21.8 Å².